The van der Waals surface area contributed by atoms with Crippen molar-refractivity contribution in [2.75, 3.05) is 36.0 Å². The second-order valence-corrected chi connectivity index (χ2v) is 5.40. The average Bonchev–Trinajstić information content (AvgIpc) is 2.95. The fourth-order valence-corrected chi connectivity index (χ4v) is 2.72. The monoisotopic (exact) mass is 296 g/mol. The summed E-state index contributed by atoms with van der Waals surface area (Å²) in [6.07, 6.45) is 2.28. The summed E-state index contributed by atoms with van der Waals surface area (Å²) in [7, 11) is 0. The van der Waals surface area contributed by atoms with Gasteiger partial charge in [0.05, 0.1) is 0 Å². The van der Waals surface area contributed by atoms with Crippen LogP contribution in [0.25, 0.3) is 0 Å². The van der Waals surface area contributed by atoms with Crippen LogP contribution in [0, 0.1) is 0 Å². The Morgan fingerprint density at radius 2 is 1.85 bits per heavy atom. The van der Waals surface area contributed by atoms with E-state index in [0.29, 0.717) is 25.0 Å². The van der Waals surface area contributed by atoms with Gasteiger partial charge in [0.2, 0.25) is 23.1 Å². The topological polar surface area (TPSA) is 74.2 Å². The number of aromatic nitrogens is 3. The number of amides is 1. The molecule has 108 valence electrons. The Bertz CT molecular complexity index is 519. The Kier molecular flexibility index (Phi) is 3.60. The van der Waals surface area contributed by atoms with Crippen LogP contribution in [0.15, 0.2) is 0 Å². The number of carbonyl (C=O) groups excluding carboxylic acids is 1. The zero-order chi connectivity index (χ0) is 14.1. The highest BCUT2D eigenvalue weighted by atomic mass is 35.5. The first-order valence-corrected chi connectivity index (χ1v) is 7.24. The fraction of sp³-hybridized carbons (Fsp3) is 0.667. The highest BCUT2D eigenvalue weighted by Crippen LogP contribution is 2.22. The lowest BCUT2D eigenvalue weighted by molar-refractivity contribution is -0.122. The third-order valence-electron chi connectivity index (χ3n) is 3.73. The molecule has 0 aliphatic carbocycles. The summed E-state index contributed by atoms with van der Waals surface area (Å²) < 4.78 is 0. The molecule has 0 radical (unpaired) electrons. The van der Waals surface area contributed by atoms with E-state index in [1.165, 1.54) is 0 Å². The largest absolute Gasteiger partial charge is 0.353 e. The van der Waals surface area contributed by atoms with Crippen LogP contribution in [0.4, 0.5) is 11.9 Å². The number of nitrogens with zero attached hydrogens (tertiary/aromatic N) is 5. The Labute approximate surface area is 122 Å². The third kappa shape index (κ3) is 2.49. The third-order valence-corrected chi connectivity index (χ3v) is 3.90. The number of carbonyl (C=O) groups is 1. The molecule has 7 nitrogen and oxygen atoms in total. The predicted molar refractivity (Wildman–Crippen MR) is 76.1 cm³/mol. The summed E-state index contributed by atoms with van der Waals surface area (Å²) in [6.45, 7) is 4.98. The quantitative estimate of drug-likeness (QED) is 0.854. The molecule has 20 heavy (non-hydrogen) atoms. The minimum Gasteiger partial charge on any atom is -0.353 e. The number of anilines is 2. The number of rotatable bonds is 2. The molecular formula is C12H17ClN6O. The van der Waals surface area contributed by atoms with Crippen LogP contribution >= 0.6 is 11.6 Å². The summed E-state index contributed by atoms with van der Waals surface area (Å²) in [4.78, 5) is 28.6. The first-order valence-electron chi connectivity index (χ1n) is 6.86. The van der Waals surface area contributed by atoms with Crippen molar-refractivity contribution in [2.45, 2.75) is 25.8 Å². The Balaban J connectivity index is 1.90. The van der Waals surface area contributed by atoms with Crippen LogP contribution in [0.5, 0.6) is 0 Å². The Hall–Kier alpha value is -1.63. The van der Waals surface area contributed by atoms with E-state index in [1.54, 1.807) is 0 Å². The van der Waals surface area contributed by atoms with Gasteiger partial charge in [-0.05, 0) is 31.4 Å². The maximum atomic E-state index is 11.7. The van der Waals surface area contributed by atoms with Crippen molar-refractivity contribution in [3.8, 4) is 0 Å². The second kappa shape index (κ2) is 5.40. The van der Waals surface area contributed by atoms with Crippen molar-refractivity contribution in [3.63, 3.8) is 0 Å². The fourth-order valence-electron chi connectivity index (χ4n) is 2.57. The van der Waals surface area contributed by atoms with Crippen LogP contribution in [-0.4, -0.2) is 53.1 Å². The van der Waals surface area contributed by atoms with Gasteiger partial charge < -0.3 is 15.1 Å². The Morgan fingerprint density at radius 1 is 1.15 bits per heavy atom. The van der Waals surface area contributed by atoms with Crippen molar-refractivity contribution in [1.82, 2.24) is 20.3 Å². The maximum absolute atomic E-state index is 11.7. The predicted octanol–water partition coefficient (Wildman–Crippen LogP) is 0.450. The van der Waals surface area contributed by atoms with Crippen molar-refractivity contribution in [2.24, 2.45) is 0 Å². The second-order valence-electron chi connectivity index (χ2n) is 5.06. The normalized spacial score (nSPS) is 23.1. The van der Waals surface area contributed by atoms with E-state index in [1.807, 2.05) is 11.8 Å². The lowest BCUT2D eigenvalue weighted by atomic mass is 10.2. The van der Waals surface area contributed by atoms with Crippen LogP contribution in [0.1, 0.15) is 19.8 Å². The average molecular weight is 297 g/mol. The van der Waals surface area contributed by atoms with Gasteiger partial charge in [-0.2, -0.15) is 15.0 Å². The molecule has 1 aromatic rings. The van der Waals surface area contributed by atoms with Crippen LogP contribution in [0.2, 0.25) is 5.28 Å². The van der Waals surface area contributed by atoms with Crippen LogP contribution in [0.3, 0.4) is 0 Å². The maximum Gasteiger partial charge on any atom is 0.242 e. The number of hydrogen-bond donors (Lipinski definition) is 1. The summed E-state index contributed by atoms with van der Waals surface area (Å²) in [5.74, 6) is 1.07. The van der Waals surface area contributed by atoms with Crippen molar-refractivity contribution in [3.05, 3.63) is 5.28 Å². The van der Waals surface area contributed by atoms with Gasteiger partial charge in [-0.1, -0.05) is 0 Å². The standard InChI is InChI=1S/C12H17ClN6O/c1-8-9(20)14-4-7-19(8)12-16-10(13)15-11(17-12)18-5-2-3-6-18/h8H,2-7H2,1H3,(H,14,20). The first kappa shape index (κ1) is 13.4. The lowest BCUT2D eigenvalue weighted by Crippen LogP contribution is -2.54. The molecule has 2 aliphatic heterocycles. The molecule has 2 aliphatic rings. The summed E-state index contributed by atoms with van der Waals surface area (Å²) in [5, 5.41) is 3.00. The number of halogens is 1. The molecule has 1 amide bonds. The zero-order valence-corrected chi connectivity index (χ0v) is 12.1. The smallest absolute Gasteiger partial charge is 0.242 e. The van der Waals surface area contributed by atoms with Crippen LogP contribution in [-0.2, 0) is 4.79 Å². The van der Waals surface area contributed by atoms with E-state index in [-0.39, 0.29) is 17.2 Å². The van der Waals surface area contributed by atoms with Gasteiger partial charge in [0.1, 0.15) is 6.04 Å². The van der Waals surface area contributed by atoms with Gasteiger partial charge in [0.25, 0.3) is 0 Å². The first-order chi connectivity index (χ1) is 9.65. The molecule has 2 saturated heterocycles. The SMILES string of the molecule is CC1C(=O)NCCN1c1nc(Cl)nc(N2CCCC2)n1. The van der Waals surface area contributed by atoms with Crippen molar-refractivity contribution >= 4 is 29.4 Å². The molecule has 0 spiro atoms. The molecule has 3 heterocycles. The van der Waals surface area contributed by atoms with Crippen LogP contribution < -0.4 is 15.1 Å². The van der Waals surface area contributed by atoms with Crippen molar-refractivity contribution in [1.29, 1.82) is 0 Å². The molecule has 8 heteroatoms. The molecule has 3 rings (SSSR count). The van der Waals surface area contributed by atoms with E-state index in [9.17, 15) is 4.79 Å². The lowest BCUT2D eigenvalue weighted by Gasteiger charge is -2.33. The van der Waals surface area contributed by atoms with Crippen molar-refractivity contribution < 1.29 is 4.79 Å². The summed E-state index contributed by atoms with van der Waals surface area (Å²) in [6, 6.07) is -0.298. The molecule has 1 atom stereocenters. The number of piperazine rings is 1. The van der Waals surface area contributed by atoms with Gasteiger partial charge in [-0.25, -0.2) is 0 Å². The van der Waals surface area contributed by atoms with Gasteiger partial charge in [-0.15, -0.1) is 0 Å². The van der Waals surface area contributed by atoms with Gasteiger partial charge in [0.15, 0.2) is 0 Å². The summed E-state index contributed by atoms with van der Waals surface area (Å²) >= 11 is 6.02. The zero-order valence-electron chi connectivity index (χ0n) is 11.3. The van der Waals surface area contributed by atoms with Gasteiger partial charge in [0, 0.05) is 26.2 Å². The molecule has 0 saturated carbocycles. The molecule has 0 aromatic carbocycles. The summed E-state index contributed by atoms with van der Waals surface area (Å²) in [5.41, 5.74) is 0. The van der Waals surface area contributed by atoms with Gasteiger partial charge in [-0.3, -0.25) is 4.79 Å². The highest BCUT2D eigenvalue weighted by Gasteiger charge is 2.28. The van der Waals surface area contributed by atoms with E-state index >= 15 is 0 Å². The Morgan fingerprint density at radius 3 is 2.60 bits per heavy atom. The highest BCUT2D eigenvalue weighted by molar-refractivity contribution is 6.28. The molecule has 1 aromatic heterocycles. The molecular weight excluding hydrogens is 280 g/mol. The molecule has 0 bridgehead atoms. The number of nitrogens with one attached hydrogen (secondary N) is 1. The van der Waals surface area contributed by atoms with E-state index in [2.05, 4.69) is 25.2 Å². The molecule has 1 unspecified atom stereocenters. The minimum atomic E-state index is -0.298. The molecule has 2 fully saturated rings. The minimum absolute atomic E-state index is 0.0180. The van der Waals surface area contributed by atoms with E-state index in [4.69, 9.17) is 11.6 Å². The number of hydrogen-bond acceptors (Lipinski definition) is 6. The van der Waals surface area contributed by atoms with Gasteiger partial charge >= 0.3 is 0 Å². The van der Waals surface area contributed by atoms with E-state index < -0.39 is 0 Å². The van der Waals surface area contributed by atoms with E-state index in [0.717, 1.165) is 25.9 Å². The molecule has 1 N–H and O–H groups in total.